The number of nitriles is 1. The van der Waals surface area contributed by atoms with E-state index in [1.54, 1.807) is 11.0 Å². The fraction of sp³-hybridized carbons (Fsp3) is 0.385. The number of nitrogens with zero attached hydrogens (tertiary/aromatic N) is 2. The first-order chi connectivity index (χ1) is 9.84. The molecule has 1 amide bonds. The zero-order chi connectivity index (χ0) is 15.6. The first kappa shape index (κ1) is 15.1. The number of primary amides is 1. The number of amides is 1. The minimum Gasteiger partial charge on any atom is -0.368 e. The van der Waals surface area contributed by atoms with E-state index in [9.17, 15) is 18.0 Å². The molecule has 1 fully saturated rings. The van der Waals surface area contributed by atoms with E-state index < -0.39 is 23.7 Å². The molecule has 8 heteroatoms. The number of hydrogen-bond donors (Lipinski definition) is 2. The molecule has 1 saturated heterocycles. The minimum absolute atomic E-state index is 0.127. The highest BCUT2D eigenvalue weighted by molar-refractivity contribution is 5.85. The number of carbonyl (C=O) groups excluding carboxylic acids is 1. The molecule has 0 aromatic heterocycles. The second kappa shape index (κ2) is 5.61. The molecule has 0 saturated carbocycles. The molecule has 0 aliphatic carbocycles. The minimum atomic E-state index is -4.52. The van der Waals surface area contributed by atoms with Crippen LogP contribution in [0.4, 0.5) is 18.9 Å². The van der Waals surface area contributed by atoms with E-state index in [4.69, 9.17) is 11.0 Å². The highest BCUT2D eigenvalue weighted by atomic mass is 19.4. The van der Waals surface area contributed by atoms with Crippen molar-refractivity contribution < 1.29 is 18.0 Å². The van der Waals surface area contributed by atoms with Gasteiger partial charge in [-0.2, -0.15) is 18.4 Å². The molecule has 0 spiro atoms. The lowest BCUT2D eigenvalue weighted by Crippen LogP contribution is -2.57. The molecule has 1 unspecified atom stereocenters. The molecule has 0 bridgehead atoms. The first-order valence-electron chi connectivity index (χ1n) is 6.22. The van der Waals surface area contributed by atoms with E-state index in [0.29, 0.717) is 19.6 Å². The van der Waals surface area contributed by atoms with Gasteiger partial charge in [0.2, 0.25) is 5.91 Å². The van der Waals surface area contributed by atoms with Crippen molar-refractivity contribution in [3.8, 4) is 6.07 Å². The van der Waals surface area contributed by atoms with Gasteiger partial charge < -0.3 is 16.0 Å². The van der Waals surface area contributed by atoms with Crippen molar-refractivity contribution in [2.24, 2.45) is 5.73 Å². The van der Waals surface area contributed by atoms with Gasteiger partial charge in [-0.1, -0.05) is 0 Å². The molecule has 3 N–H and O–H groups in total. The Kier molecular flexibility index (Phi) is 4.04. The van der Waals surface area contributed by atoms with E-state index in [-0.39, 0.29) is 11.3 Å². The summed E-state index contributed by atoms with van der Waals surface area (Å²) in [5, 5.41) is 12.1. The van der Waals surface area contributed by atoms with Crippen LogP contribution in [0.1, 0.15) is 11.1 Å². The Labute approximate surface area is 119 Å². The van der Waals surface area contributed by atoms with Crippen molar-refractivity contribution in [1.82, 2.24) is 5.32 Å². The van der Waals surface area contributed by atoms with Crippen LogP contribution in [0.15, 0.2) is 18.2 Å². The van der Waals surface area contributed by atoms with Crippen LogP contribution in [0.5, 0.6) is 0 Å². The van der Waals surface area contributed by atoms with E-state index in [0.717, 1.165) is 12.1 Å². The molecule has 1 heterocycles. The average molecular weight is 298 g/mol. The highest BCUT2D eigenvalue weighted by Gasteiger charge is 2.33. The number of piperazine rings is 1. The molecular formula is C13H13F3N4O. The highest BCUT2D eigenvalue weighted by Crippen LogP contribution is 2.33. The maximum Gasteiger partial charge on any atom is 0.416 e. The monoisotopic (exact) mass is 298 g/mol. The number of halogens is 3. The smallest absolute Gasteiger partial charge is 0.368 e. The van der Waals surface area contributed by atoms with E-state index in [1.165, 1.54) is 6.07 Å². The molecule has 21 heavy (non-hydrogen) atoms. The molecule has 112 valence electrons. The summed E-state index contributed by atoms with van der Waals surface area (Å²) in [6.45, 7) is 1.23. The average Bonchev–Trinajstić information content (AvgIpc) is 2.45. The fourth-order valence-corrected chi connectivity index (χ4v) is 2.30. The standard InChI is InChI=1S/C13H13F3N4O/c14-13(15,16)9-1-2-10(8(5-9)6-17)20-4-3-19-7-11(20)12(18)21/h1-2,5,11,19H,3-4,7H2,(H2,18,21). The summed E-state index contributed by atoms with van der Waals surface area (Å²) >= 11 is 0. The quantitative estimate of drug-likeness (QED) is 0.847. The van der Waals surface area contributed by atoms with Crippen LogP contribution in [-0.4, -0.2) is 31.6 Å². The van der Waals surface area contributed by atoms with Crippen molar-refractivity contribution in [2.45, 2.75) is 12.2 Å². The SMILES string of the molecule is N#Cc1cc(C(F)(F)F)ccc1N1CCNCC1C(N)=O. The van der Waals surface area contributed by atoms with E-state index in [1.807, 2.05) is 0 Å². The van der Waals surface area contributed by atoms with Gasteiger partial charge in [-0.25, -0.2) is 0 Å². The number of alkyl halides is 3. The Morgan fingerprint density at radius 3 is 2.76 bits per heavy atom. The Balaban J connectivity index is 2.43. The predicted octanol–water partition coefficient (Wildman–Crippen LogP) is 0.841. The zero-order valence-electron chi connectivity index (χ0n) is 10.9. The first-order valence-corrected chi connectivity index (χ1v) is 6.22. The fourth-order valence-electron chi connectivity index (χ4n) is 2.30. The summed E-state index contributed by atoms with van der Waals surface area (Å²) in [6, 6.07) is 3.96. The summed E-state index contributed by atoms with van der Waals surface area (Å²) in [5.41, 5.74) is 4.57. The largest absolute Gasteiger partial charge is 0.416 e. The maximum atomic E-state index is 12.7. The number of nitrogens with one attached hydrogen (secondary N) is 1. The summed E-state index contributed by atoms with van der Waals surface area (Å²) in [7, 11) is 0. The molecule has 1 aliphatic heterocycles. The zero-order valence-corrected chi connectivity index (χ0v) is 10.9. The number of anilines is 1. The number of rotatable bonds is 2. The van der Waals surface area contributed by atoms with E-state index in [2.05, 4.69) is 5.32 Å². The van der Waals surface area contributed by atoms with Crippen molar-refractivity contribution in [3.63, 3.8) is 0 Å². The van der Waals surface area contributed by atoms with Gasteiger partial charge in [0.1, 0.15) is 12.1 Å². The molecule has 0 radical (unpaired) electrons. The third-order valence-corrected chi connectivity index (χ3v) is 3.33. The summed E-state index contributed by atoms with van der Waals surface area (Å²) in [5.74, 6) is -0.592. The van der Waals surface area contributed by atoms with Crippen LogP contribution in [0.3, 0.4) is 0 Å². The van der Waals surface area contributed by atoms with Gasteiger partial charge in [0, 0.05) is 19.6 Å². The van der Waals surface area contributed by atoms with Gasteiger partial charge in [0.25, 0.3) is 0 Å². The lowest BCUT2D eigenvalue weighted by atomic mass is 10.0. The third-order valence-electron chi connectivity index (χ3n) is 3.33. The molecule has 1 atom stereocenters. The molecule has 1 aliphatic rings. The topological polar surface area (TPSA) is 82.2 Å². The number of hydrogen-bond acceptors (Lipinski definition) is 4. The second-order valence-electron chi connectivity index (χ2n) is 4.66. The van der Waals surface area contributed by atoms with Crippen molar-refractivity contribution in [2.75, 3.05) is 24.5 Å². The summed E-state index contributed by atoms with van der Waals surface area (Å²) in [4.78, 5) is 13.0. The molecule has 1 aromatic carbocycles. The van der Waals surface area contributed by atoms with Gasteiger partial charge >= 0.3 is 6.18 Å². The van der Waals surface area contributed by atoms with Crippen molar-refractivity contribution in [1.29, 1.82) is 5.26 Å². The normalized spacial score (nSPS) is 19.1. The van der Waals surface area contributed by atoms with Crippen LogP contribution >= 0.6 is 0 Å². The number of benzene rings is 1. The lowest BCUT2D eigenvalue weighted by molar-refractivity contribution is -0.137. The van der Waals surface area contributed by atoms with Crippen LogP contribution in [-0.2, 0) is 11.0 Å². The van der Waals surface area contributed by atoms with Gasteiger partial charge in [0.15, 0.2) is 0 Å². The molecule has 1 aromatic rings. The number of nitrogens with two attached hydrogens (primary N) is 1. The molecular weight excluding hydrogens is 285 g/mol. The van der Waals surface area contributed by atoms with Crippen molar-refractivity contribution in [3.05, 3.63) is 29.3 Å². The van der Waals surface area contributed by atoms with Crippen molar-refractivity contribution >= 4 is 11.6 Å². The van der Waals surface area contributed by atoms with Crippen LogP contribution in [0.2, 0.25) is 0 Å². The van der Waals surface area contributed by atoms with Crippen LogP contribution in [0, 0.1) is 11.3 Å². The van der Waals surface area contributed by atoms with E-state index >= 15 is 0 Å². The predicted molar refractivity (Wildman–Crippen MR) is 69.4 cm³/mol. The summed E-state index contributed by atoms with van der Waals surface area (Å²) in [6.07, 6.45) is -4.52. The Morgan fingerprint density at radius 2 is 2.19 bits per heavy atom. The lowest BCUT2D eigenvalue weighted by Gasteiger charge is -2.36. The third kappa shape index (κ3) is 3.08. The van der Waals surface area contributed by atoms with Crippen LogP contribution in [0.25, 0.3) is 0 Å². The van der Waals surface area contributed by atoms with Gasteiger partial charge in [0.05, 0.1) is 16.8 Å². The Bertz CT molecular complexity index is 594. The Morgan fingerprint density at radius 1 is 1.48 bits per heavy atom. The second-order valence-corrected chi connectivity index (χ2v) is 4.66. The van der Waals surface area contributed by atoms with Gasteiger partial charge in [-0.15, -0.1) is 0 Å². The molecule has 5 nitrogen and oxygen atoms in total. The Hall–Kier alpha value is -2.27. The number of carbonyl (C=O) groups is 1. The molecule has 2 rings (SSSR count). The van der Waals surface area contributed by atoms with Gasteiger partial charge in [-0.05, 0) is 18.2 Å². The summed E-state index contributed by atoms with van der Waals surface area (Å²) < 4.78 is 38.0. The maximum absolute atomic E-state index is 12.7. The van der Waals surface area contributed by atoms with Gasteiger partial charge in [-0.3, -0.25) is 4.79 Å². The van der Waals surface area contributed by atoms with Crippen LogP contribution < -0.4 is 16.0 Å².